The molecular formula is C46H38N4. The van der Waals surface area contributed by atoms with E-state index < -0.39 is 0 Å². The first-order chi connectivity index (χ1) is 24.0. The third kappa shape index (κ3) is 4.88. The van der Waals surface area contributed by atoms with Crippen LogP contribution in [0, 0.1) is 22.7 Å². The van der Waals surface area contributed by atoms with Crippen LogP contribution in [0.3, 0.4) is 0 Å². The molecule has 0 amide bonds. The fraction of sp³-hybridized carbons (Fsp3) is 0.174. The molecule has 6 aromatic carbocycles. The number of para-hydroxylation sites is 2. The molecule has 0 saturated carbocycles. The Labute approximate surface area is 293 Å². The Balaban J connectivity index is 1.50. The predicted octanol–water partition coefficient (Wildman–Crippen LogP) is 11.9. The molecule has 2 heterocycles. The minimum atomic E-state index is -0.00819. The van der Waals surface area contributed by atoms with Gasteiger partial charge < -0.3 is 9.13 Å². The van der Waals surface area contributed by atoms with Crippen molar-refractivity contribution in [2.75, 3.05) is 0 Å². The highest BCUT2D eigenvalue weighted by Crippen LogP contribution is 2.42. The number of aromatic nitrogens is 2. The Morgan fingerprint density at radius 2 is 0.980 bits per heavy atom. The van der Waals surface area contributed by atoms with Crippen LogP contribution in [0.1, 0.15) is 63.8 Å². The third-order valence-electron chi connectivity index (χ3n) is 10.1. The van der Waals surface area contributed by atoms with Gasteiger partial charge in [0, 0.05) is 27.1 Å². The lowest BCUT2D eigenvalue weighted by Crippen LogP contribution is -2.10. The molecule has 0 aliphatic heterocycles. The summed E-state index contributed by atoms with van der Waals surface area (Å²) in [6, 6.07) is 47.3. The van der Waals surface area contributed by atoms with E-state index >= 15 is 0 Å². The summed E-state index contributed by atoms with van der Waals surface area (Å²) in [5.74, 6) is 0. The van der Waals surface area contributed by atoms with Gasteiger partial charge >= 0.3 is 0 Å². The monoisotopic (exact) mass is 646 g/mol. The van der Waals surface area contributed by atoms with Crippen molar-refractivity contribution < 1.29 is 0 Å². The number of fused-ring (bicyclic) bond motifs is 6. The van der Waals surface area contributed by atoms with Crippen LogP contribution in [0.5, 0.6) is 0 Å². The molecule has 4 nitrogen and oxygen atoms in total. The lowest BCUT2D eigenvalue weighted by molar-refractivity contribution is 0.591. The largest absolute Gasteiger partial charge is 0.309 e. The van der Waals surface area contributed by atoms with Crippen LogP contribution in [0.25, 0.3) is 66.1 Å². The molecule has 0 fully saturated rings. The van der Waals surface area contributed by atoms with Crippen LogP contribution >= 0.6 is 0 Å². The molecule has 0 bridgehead atoms. The summed E-state index contributed by atoms with van der Waals surface area (Å²) in [5.41, 5.74) is 11.4. The molecule has 4 heteroatoms. The molecule has 8 aromatic rings. The van der Waals surface area contributed by atoms with Crippen LogP contribution < -0.4 is 0 Å². The van der Waals surface area contributed by atoms with E-state index in [-0.39, 0.29) is 10.8 Å². The molecule has 0 saturated heterocycles. The second kappa shape index (κ2) is 11.2. The standard InChI is InChI=1S/C46H38N4/c1-45(2,3)32-18-20-41-37(24-32)34-14-7-9-16-39(34)49(41)43-26-36(30-13-11-12-29(22-30)27-47)44(23-31(43)28-48)50-40-17-10-8-15-35(40)38-25-33(46(4,5)6)19-21-42(38)50/h7-26H,1-6H3. The first kappa shape index (κ1) is 31.2. The van der Waals surface area contributed by atoms with E-state index in [9.17, 15) is 10.5 Å². The molecule has 2 aromatic heterocycles. The van der Waals surface area contributed by atoms with Crippen molar-refractivity contribution in [1.29, 1.82) is 10.5 Å². The van der Waals surface area contributed by atoms with E-state index in [4.69, 9.17) is 0 Å². The molecule has 242 valence electrons. The minimum Gasteiger partial charge on any atom is -0.309 e. The smallest absolute Gasteiger partial charge is 0.101 e. The highest BCUT2D eigenvalue weighted by Gasteiger charge is 2.24. The zero-order chi connectivity index (χ0) is 34.9. The van der Waals surface area contributed by atoms with Gasteiger partial charge in [-0.05, 0) is 88.2 Å². The molecule has 0 unspecified atom stereocenters. The second-order valence-corrected chi connectivity index (χ2v) is 15.4. The van der Waals surface area contributed by atoms with Crippen molar-refractivity contribution in [3.63, 3.8) is 0 Å². The molecule has 0 radical (unpaired) electrons. The van der Waals surface area contributed by atoms with Crippen molar-refractivity contribution in [2.24, 2.45) is 0 Å². The SMILES string of the molecule is CC(C)(C)c1ccc2c(c1)c1ccccc1n2-c1cc(-c2cccc(C#N)c2)c(-n2c3ccccc3c3cc(C(C)(C)C)ccc32)cc1C#N. The highest BCUT2D eigenvalue weighted by atomic mass is 15.0. The Morgan fingerprint density at radius 1 is 0.460 bits per heavy atom. The van der Waals surface area contributed by atoms with E-state index in [1.807, 2.05) is 24.3 Å². The molecule has 0 aliphatic carbocycles. The van der Waals surface area contributed by atoms with Gasteiger partial charge in [-0.25, -0.2) is 0 Å². The van der Waals surface area contributed by atoms with Gasteiger partial charge in [0.15, 0.2) is 0 Å². The lowest BCUT2D eigenvalue weighted by atomic mass is 9.86. The quantitative estimate of drug-likeness (QED) is 0.192. The normalized spacial score (nSPS) is 12.2. The van der Waals surface area contributed by atoms with Crippen molar-refractivity contribution in [3.8, 4) is 34.6 Å². The zero-order valence-corrected chi connectivity index (χ0v) is 29.3. The minimum absolute atomic E-state index is 0.00806. The Kier molecular flexibility index (Phi) is 7.00. The van der Waals surface area contributed by atoms with Gasteiger partial charge in [-0.3, -0.25) is 0 Å². The lowest BCUT2D eigenvalue weighted by Gasteiger charge is -2.21. The average molecular weight is 647 g/mol. The van der Waals surface area contributed by atoms with Crippen molar-refractivity contribution >= 4 is 43.6 Å². The topological polar surface area (TPSA) is 57.4 Å². The molecule has 0 atom stereocenters. The zero-order valence-electron chi connectivity index (χ0n) is 29.3. The fourth-order valence-corrected chi connectivity index (χ4v) is 7.42. The number of rotatable bonds is 3. The van der Waals surface area contributed by atoms with E-state index in [0.29, 0.717) is 11.1 Å². The van der Waals surface area contributed by atoms with Crippen molar-refractivity contribution in [2.45, 2.75) is 52.4 Å². The summed E-state index contributed by atoms with van der Waals surface area (Å²) in [4.78, 5) is 0. The number of hydrogen-bond acceptors (Lipinski definition) is 2. The predicted molar refractivity (Wildman–Crippen MR) is 207 cm³/mol. The Bertz CT molecular complexity index is 2740. The molecule has 50 heavy (non-hydrogen) atoms. The third-order valence-corrected chi connectivity index (χ3v) is 10.1. The van der Waals surface area contributed by atoms with E-state index in [1.165, 1.54) is 16.5 Å². The summed E-state index contributed by atoms with van der Waals surface area (Å²) in [7, 11) is 0. The molecule has 8 rings (SSSR count). The van der Waals surface area contributed by atoms with Gasteiger partial charge in [0.1, 0.15) is 6.07 Å². The summed E-state index contributed by atoms with van der Waals surface area (Å²) in [5, 5.41) is 25.5. The van der Waals surface area contributed by atoms with E-state index in [0.717, 1.165) is 60.7 Å². The number of nitriles is 2. The van der Waals surface area contributed by atoms with Gasteiger partial charge in [-0.1, -0.05) is 102 Å². The maximum Gasteiger partial charge on any atom is 0.101 e. The number of benzene rings is 6. The summed E-state index contributed by atoms with van der Waals surface area (Å²) in [6.45, 7) is 13.4. The highest BCUT2D eigenvalue weighted by molar-refractivity contribution is 6.11. The second-order valence-electron chi connectivity index (χ2n) is 15.4. The average Bonchev–Trinajstić information content (AvgIpc) is 3.62. The first-order valence-electron chi connectivity index (χ1n) is 17.1. The Morgan fingerprint density at radius 3 is 1.50 bits per heavy atom. The molecule has 0 aliphatic rings. The van der Waals surface area contributed by atoms with Crippen LogP contribution in [-0.4, -0.2) is 9.13 Å². The maximum absolute atomic E-state index is 10.9. The van der Waals surface area contributed by atoms with Crippen LogP contribution in [0.15, 0.2) is 121 Å². The van der Waals surface area contributed by atoms with Crippen molar-refractivity contribution in [1.82, 2.24) is 9.13 Å². The van der Waals surface area contributed by atoms with Gasteiger partial charge in [-0.15, -0.1) is 0 Å². The fourth-order valence-electron chi connectivity index (χ4n) is 7.42. The van der Waals surface area contributed by atoms with Crippen LogP contribution in [0.2, 0.25) is 0 Å². The van der Waals surface area contributed by atoms with E-state index in [1.54, 1.807) is 0 Å². The summed E-state index contributed by atoms with van der Waals surface area (Å²) < 4.78 is 4.52. The van der Waals surface area contributed by atoms with Crippen LogP contribution in [-0.2, 0) is 10.8 Å². The van der Waals surface area contributed by atoms with Gasteiger partial charge in [0.25, 0.3) is 0 Å². The van der Waals surface area contributed by atoms with Gasteiger partial charge in [-0.2, -0.15) is 10.5 Å². The molecule has 0 N–H and O–H groups in total. The van der Waals surface area contributed by atoms with Crippen molar-refractivity contribution in [3.05, 3.63) is 144 Å². The summed E-state index contributed by atoms with van der Waals surface area (Å²) >= 11 is 0. The van der Waals surface area contributed by atoms with E-state index in [2.05, 4.69) is 160 Å². The summed E-state index contributed by atoms with van der Waals surface area (Å²) in [6.07, 6.45) is 0. The van der Waals surface area contributed by atoms with Crippen LogP contribution in [0.4, 0.5) is 0 Å². The molecular weight excluding hydrogens is 609 g/mol. The first-order valence-corrected chi connectivity index (χ1v) is 17.1. The maximum atomic E-state index is 10.9. The van der Waals surface area contributed by atoms with Gasteiger partial charge in [0.2, 0.25) is 0 Å². The van der Waals surface area contributed by atoms with Gasteiger partial charge in [0.05, 0.1) is 50.6 Å². The molecule has 0 spiro atoms. The number of hydrogen-bond donors (Lipinski definition) is 0. The Hall–Kier alpha value is -6.10. The number of nitrogens with zero attached hydrogens (tertiary/aromatic N) is 4.